The lowest BCUT2D eigenvalue weighted by molar-refractivity contribution is -0.393. The molecule has 160 valence electrons. The van der Waals surface area contributed by atoms with E-state index in [1.807, 2.05) is 41.1 Å². The van der Waals surface area contributed by atoms with E-state index in [-0.39, 0.29) is 17.2 Å². The van der Waals surface area contributed by atoms with Crippen molar-refractivity contribution in [2.45, 2.75) is 6.54 Å². The first kappa shape index (κ1) is 20.7. The Morgan fingerprint density at radius 1 is 1.00 bits per heavy atom. The normalized spacial score (nSPS) is 11.2. The molecule has 0 unspecified atom stereocenters. The summed E-state index contributed by atoms with van der Waals surface area (Å²) in [4.78, 5) is 20.6. The molecule has 0 radical (unpaired) electrons. The van der Waals surface area contributed by atoms with E-state index >= 15 is 0 Å². The van der Waals surface area contributed by atoms with Crippen LogP contribution in [-0.4, -0.2) is 20.6 Å². The third-order valence-corrected chi connectivity index (χ3v) is 4.82. The molecule has 0 saturated heterocycles. The number of fused-ring (bicyclic) bond motifs is 1. The lowest BCUT2D eigenvalue weighted by Crippen LogP contribution is -1.99. The molecule has 0 aliphatic heterocycles. The van der Waals surface area contributed by atoms with Gasteiger partial charge in [-0.1, -0.05) is 18.2 Å². The highest BCUT2D eigenvalue weighted by molar-refractivity contribution is 5.89. The molecular weight excluding hydrogens is 417 g/mol. The van der Waals surface area contributed by atoms with Crippen LogP contribution in [0.5, 0.6) is 0 Å². The highest BCUT2D eigenvalue weighted by Crippen LogP contribution is 2.29. The fraction of sp³-hybridized carbons (Fsp3) is 0.0455. The van der Waals surface area contributed by atoms with Gasteiger partial charge in [-0.05, 0) is 47.5 Å². The summed E-state index contributed by atoms with van der Waals surface area (Å²) in [5.41, 5.74) is 4.35. The van der Waals surface area contributed by atoms with Crippen molar-refractivity contribution in [2.24, 2.45) is 5.10 Å². The standard InChI is InChI=1S/C22H16FN5O4/c23-18-3-1-2-16(11-18)14-26-9-8-17-10-15(4-7-21(17)26)13-24-25-20-6-5-19(27(29)30)12-22(20)28(31)32/h1-13,25H,14H2/b24-13+. The topological polar surface area (TPSA) is 116 Å². The maximum absolute atomic E-state index is 13.4. The molecule has 1 heterocycles. The van der Waals surface area contributed by atoms with Crippen LogP contribution in [0.3, 0.4) is 0 Å². The van der Waals surface area contributed by atoms with Gasteiger partial charge in [0.15, 0.2) is 0 Å². The molecule has 0 fully saturated rings. The molecule has 0 aliphatic carbocycles. The highest BCUT2D eigenvalue weighted by Gasteiger charge is 2.19. The molecule has 0 bridgehead atoms. The van der Waals surface area contributed by atoms with Crippen molar-refractivity contribution in [3.63, 3.8) is 0 Å². The molecule has 0 saturated carbocycles. The summed E-state index contributed by atoms with van der Waals surface area (Å²) in [6, 6.07) is 17.3. The van der Waals surface area contributed by atoms with Gasteiger partial charge in [-0.2, -0.15) is 5.10 Å². The lowest BCUT2D eigenvalue weighted by Gasteiger charge is -2.06. The van der Waals surface area contributed by atoms with E-state index in [1.54, 1.807) is 6.07 Å². The molecule has 4 aromatic rings. The van der Waals surface area contributed by atoms with E-state index in [2.05, 4.69) is 10.5 Å². The second-order valence-electron chi connectivity index (χ2n) is 6.98. The Morgan fingerprint density at radius 2 is 1.84 bits per heavy atom. The first-order valence-electron chi connectivity index (χ1n) is 9.46. The maximum atomic E-state index is 13.4. The Morgan fingerprint density at radius 3 is 2.59 bits per heavy atom. The number of halogens is 1. The number of nitro groups is 2. The van der Waals surface area contributed by atoms with Crippen molar-refractivity contribution in [3.8, 4) is 0 Å². The average Bonchev–Trinajstić information content (AvgIpc) is 3.15. The Kier molecular flexibility index (Phi) is 5.58. The molecule has 0 spiro atoms. The predicted molar refractivity (Wildman–Crippen MR) is 118 cm³/mol. The smallest absolute Gasteiger partial charge is 0.301 e. The molecule has 9 nitrogen and oxygen atoms in total. The molecule has 10 heteroatoms. The molecule has 1 N–H and O–H groups in total. The van der Waals surface area contributed by atoms with Gasteiger partial charge in [0.1, 0.15) is 11.5 Å². The number of aromatic nitrogens is 1. The molecule has 0 amide bonds. The van der Waals surface area contributed by atoms with Crippen LogP contribution in [0.15, 0.2) is 78.0 Å². The SMILES string of the molecule is O=[N+]([O-])c1ccc(N/N=C/c2ccc3c(ccn3Cc3cccc(F)c3)c2)c([N+](=O)[O-])c1. The first-order chi connectivity index (χ1) is 15.4. The maximum Gasteiger partial charge on any atom is 0.301 e. The van der Waals surface area contributed by atoms with Crippen LogP contribution in [0.25, 0.3) is 10.9 Å². The molecule has 0 atom stereocenters. The van der Waals surface area contributed by atoms with Crippen LogP contribution in [0.4, 0.5) is 21.5 Å². The summed E-state index contributed by atoms with van der Waals surface area (Å²) in [5.74, 6) is -0.279. The molecule has 32 heavy (non-hydrogen) atoms. The fourth-order valence-corrected chi connectivity index (χ4v) is 3.32. The van der Waals surface area contributed by atoms with Gasteiger partial charge >= 0.3 is 5.69 Å². The van der Waals surface area contributed by atoms with Gasteiger partial charge in [-0.15, -0.1) is 0 Å². The second-order valence-corrected chi connectivity index (χ2v) is 6.98. The minimum Gasteiger partial charge on any atom is -0.343 e. The van der Waals surface area contributed by atoms with Gasteiger partial charge in [-0.3, -0.25) is 25.7 Å². The van der Waals surface area contributed by atoms with Crippen molar-refractivity contribution in [1.29, 1.82) is 0 Å². The van der Waals surface area contributed by atoms with Crippen molar-refractivity contribution in [2.75, 3.05) is 5.43 Å². The third-order valence-electron chi connectivity index (χ3n) is 4.82. The van der Waals surface area contributed by atoms with Crippen molar-refractivity contribution in [3.05, 3.63) is 110 Å². The predicted octanol–water partition coefficient (Wildman–Crippen LogP) is 5.09. The molecule has 0 aliphatic rings. The summed E-state index contributed by atoms with van der Waals surface area (Å²) in [6.07, 6.45) is 3.41. The van der Waals surface area contributed by atoms with Gasteiger partial charge in [0.05, 0.1) is 22.1 Å². The van der Waals surface area contributed by atoms with Crippen LogP contribution in [0.1, 0.15) is 11.1 Å². The van der Waals surface area contributed by atoms with Crippen LogP contribution in [0, 0.1) is 26.0 Å². The molecule has 3 aromatic carbocycles. The number of anilines is 1. The number of hydrazone groups is 1. The number of nitro benzene ring substituents is 2. The summed E-state index contributed by atoms with van der Waals surface area (Å²) in [5, 5.41) is 27.0. The zero-order chi connectivity index (χ0) is 22.7. The summed E-state index contributed by atoms with van der Waals surface area (Å²) < 4.78 is 15.4. The Hall–Kier alpha value is -4.60. The number of non-ortho nitro benzene ring substituents is 1. The van der Waals surface area contributed by atoms with Gasteiger partial charge in [-0.25, -0.2) is 4.39 Å². The van der Waals surface area contributed by atoms with Crippen molar-refractivity contribution >= 4 is 34.2 Å². The van der Waals surface area contributed by atoms with Crippen LogP contribution < -0.4 is 5.43 Å². The van der Waals surface area contributed by atoms with E-state index in [0.717, 1.165) is 34.2 Å². The number of hydrogen-bond donors (Lipinski definition) is 1. The highest BCUT2D eigenvalue weighted by atomic mass is 19.1. The number of benzene rings is 3. The monoisotopic (exact) mass is 433 g/mol. The Labute approximate surface area is 180 Å². The van der Waals surface area contributed by atoms with Crippen molar-refractivity contribution < 1.29 is 14.2 Å². The lowest BCUT2D eigenvalue weighted by atomic mass is 10.1. The van der Waals surface area contributed by atoms with Gasteiger partial charge < -0.3 is 4.57 Å². The average molecular weight is 433 g/mol. The fourth-order valence-electron chi connectivity index (χ4n) is 3.32. The van der Waals surface area contributed by atoms with Crippen molar-refractivity contribution in [1.82, 2.24) is 4.57 Å². The number of nitrogens with zero attached hydrogens (tertiary/aromatic N) is 4. The first-order valence-corrected chi connectivity index (χ1v) is 9.46. The van der Waals surface area contributed by atoms with Crippen LogP contribution in [0.2, 0.25) is 0 Å². The molecule has 4 rings (SSSR count). The van der Waals surface area contributed by atoms with E-state index in [9.17, 15) is 24.6 Å². The van der Waals surface area contributed by atoms with E-state index in [1.165, 1.54) is 24.4 Å². The minimum atomic E-state index is -0.710. The summed E-state index contributed by atoms with van der Waals surface area (Å²) >= 11 is 0. The zero-order valence-electron chi connectivity index (χ0n) is 16.5. The summed E-state index contributed by atoms with van der Waals surface area (Å²) in [6.45, 7) is 0.528. The quantitative estimate of drug-likeness (QED) is 0.248. The zero-order valence-corrected chi connectivity index (χ0v) is 16.5. The summed E-state index contributed by atoms with van der Waals surface area (Å²) in [7, 11) is 0. The largest absolute Gasteiger partial charge is 0.343 e. The Bertz CT molecular complexity index is 1370. The van der Waals surface area contributed by atoms with Gasteiger partial charge in [0.2, 0.25) is 0 Å². The number of hydrogen-bond acceptors (Lipinski definition) is 6. The number of rotatable bonds is 7. The van der Waals surface area contributed by atoms with E-state index in [4.69, 9.17) is 0 Å². The van der Waals surface area contributed by atoms with E-state index < -0.39 is 15.5 Å². The number of nitrogens with one attached hydrogen (secondary N) is 1. The molecule has 1 aromatic heterocycles. The van der Waals surface area contributed by atoms with Gasteiger partial charge in [0, 0.05) is 29.7 Å². The van der Waals surface area contributed by atoms with E-state index in [0.29, 0.717) is 6.54 Å². The Balaban J connectivity index is 1.52. The minimum absolute atomic E-state index is 0.0409. The van der Waals surface area contributed by atoms with Crippen LogP contribution in [-0.2, 0) is 6.54 Å². The molecular formula is C22H16FN5O4. The van der Waals surface area contributed by atoms with Gasteiger partial charge in [0.25, 0.3) is 5.69 Å². The third kappa shape index (κ3) is 4.43. The second kappa shape index (κ2) is 8.64. The van der Waals surface area contributed by atoms with Crippen LogP contribution >= 0.6 is 0 Å².